The lowest BCUT2D eigenvalue weighted by molar-refractivity contribution is -0.116. The van der Waals surface area contributed by atoms with Crippen LogP contribution in [0.15, 0.2) is 24.8 Å². The second kappa shape index (κ2) is 6.55. The van der Waals surface area contributed by atoms with Crippen molar-refractivity contribution in [2.45, 2.75) is 13.0 Å². The summed E-state index contributed by atoms with van der Waals surface area (Å²) in [7, 11) is 0. The van der Waals surface area contributed by atoms with Gasteiger partial charge in [0, 0.05) is 6.42 Å². The number of carboxylic acid groups (broad SMARTS) is 1. The Hall–Kier alpha value is -2.12. The molecule has 0 spiro atoms. The van der Waals surface area contributed by atoms with E-state index in [0.717, 1.165) is 0 Å². The van der Waals surface area contributed by atoms with Crippen LogP contribution in [0.3, 0.4) is 0 Å². The quantitative estimate of drug-likeness (QED) is 0.877. The molecule has 21 heavy (non-hydrogen) atoms. The molecule has 2 rings (SSSR count). The summed E-state index contributed by atoms with van der Waals surface area (Å²) in [5.74, 6) is -1.67. The molecule has 2 N–H and O–H groups in total. The van der Waals surface area contributed by atoms with E-state index in [4.69, 9.17) is 28.3 Å². The van der Waals surface area contributed by atoms with Crippen molar-refractivity contribution in [3.05, 3.63) is 40.4 Å². The topological polar surface area (TPSA) is 97.1 Å². The number of nitrogens with zero attached hydrogens (tertiary/aromatic N) is 3. The predicted molar refractivity (Wildman–Crippen MR) is 76.7 cm³/mol. The van der Waals surface area contributed by atoms with Crippen LogP contribution in [0, 0.1) is 0 Å². The van der Waals surface area contributed by atoms with Crippen molar-refractivity contribution in [1.82, 2.24) is 14.8 Å². The van der Waals surface area contributed by atoms with Gasteiger partial charge in [0.1, 0.15) is 18.2 Å². The van der Waals surface area contributed by atoms with Crippen molar-refractivity contribution in [3.8, 4) is 0 Å². The second-order valence-electron chi connectivity index (χ2n) is 4.04. The molecule has 1 aromatic heterocycles. The highest BCUT2D eigenvalue weighted by Gasteiger charge is 2.19. The lowest BCUT2D eigenvalue weighted by Gasteiger charge is -2.11. The minimum absolute atomic E-state index is 0.00141. The third kappa shape index (κ3) is 3.71. The number of hydrogen-bond acceptors (Lipinski definition) is 4. The van der Waals surface area contributed by atoms with E-state index in [1.165, 1.54) is 29.5 Å². The first kappa shape index (κ1) is 15.3. The molecule has 0 aliphatic rings. The highest BCUT2D eigenvalue weighted by atomic mass is 35.5. The van der Waals surface area contributed by atoms with Crippen molar-refractivity contribution in [1.29, 1.82) is 0 Å². The van der Waals surface area contributed by atoms with Gasteiger partial charge in [-0.2, -0.15) is 5.10 Å². The summed E-state index contributed by atoms with van der Waals surface area (Å²) < 4.78 is 1.48. The number of carbonyl (C=O) groups excluding carboxylic acids is 1. The third-order valence-electron chi connectivity index (χ3n) is 2.62. The zero-order valence-electron chi connectivity index (χ0n) is 10.6. The number of anilines is 1. The first-order valence-electron chi connectivity index (χ1n) is 5.82. The third-order valence-corrected chi connectivity index (χ3v) is 3.25. The molecule has 0 aliphatic heterocycles. The molecule has 7 nitrogen and oxygen atoms in total. The highest BCUT2D eigenvalue weighted by molar-refractivity contribution is 6.38. The molecule has 0 radical (unpaired) electrons. The number of hydrogen-bond donors (Lipinski definition) is 2. The largest absolute Gasteiger partial charge is 0.478 e. The molecular formula is C12H10Cl2N4O3. The predicted octanol–water partition coefficient (Wildman–Crippen LogP) is 2.31. The first-order chi connectivity index (χ1) is 9.99. The van der Waals surface area contributed by atoms with Gasteiger partial charge in [-0.3, -0.25) is 9.48 Å². The van der Waals surface area contributed by atoms with Crippen LogP contribution in [0.25, 0.3) is 0 Å². The van der Waals surface area contributed by atoms with Crippen molar-refractivity contribution in [2.75, 3.05) is 5.32 Å². The summed E-state index contributed by atoms with van der Waals surface area (Å²) >= 11 is 11.7. The number of carbonyl (C=O) groups is 2. The molecule has 9 heteroatoms. The minimum Gasteiger partial charge on any atom is -0.478 e. The zero-order valence-corrected chi connectivity index (χ0v) is 12.1. The molecule has 0 fully saturated rings. The second-order valence-corrected chi connectivity index (χ2v) is 4.86. The van der Waals surface area contributed by atoms with E-state index in [1.807, 2.05) is 0 Å². The van der Waals surface area contributed by atoms with Gasteiger partial charge in [-0.1, -0.05) is 23.2 Å². The van der Waals surface area contributed by atoms with Crippen LogP contribution in [0.4, 0.5) is 5.69 Å². The van der Waals surface area contributed by atoms with E-state index < -0.39 is 11.9 Å². The highest BCUT2D eigenvalue weighted by Crippen LogP contribution is 2.32. The summed E-state index contributed by atoms with van der Waals surface area (Å²) in [6.07, 6.45) is 2.92. The summed E-state index contributed by atoms with van der Waals surface area (Å²) in [6.45, 7) is 0.312. The van der Waals surface area contributed by atoms with Crippen LogP contribution >= 0.6 is 23.2 Å². The molecule has 0 unspecified atom stereocenters. The number of aryl methyl sites for hydroxylation is 1. The number of benzene rings is 1. The van der Waals surface area contributed by atoms with Crippen LogP contribution in [0.2, 0.25) is 10.0 Å². The molecule has 110 valence electrons. The lowest BCUT2D eigenvalue weighted by atomic mass is 10.1. The monoisotopic (exact) mass is 328 g/mol. The molecule has 0 atom stereocenters. The molecule has 0 saturated heterocycles. The summed E-state index contributed by atoms with van der Waals surface area (Å²) in [5.41, 5.74) is -0.251. The SMILES string of the molecule is O=C(CCn1cncn1)Nc1c(Cl)ccc(Cl)c1C(=O)O. The summed E-state index contributed by atoms with van der Waals surface area (Å²) in [5, 5.41) is 15.6. The molecular weight excluding hydrogens is 319 g/mol. The van der Waals surface area contributed by atoms with Crippen LogP contribution in [0.1, 0.15) is 16.8 Å². The van der Waals surface area contributed by atoms with Crippen LogP contribution < -0.4 is 5.32 Å². The van der Waals surface area contributed by atoms with E-state index in [0.29, 0.717) is 6.54 Å². The van der Waals surface area contributed by atoms with Crippen LogP contribution in [-0.2, 0) is 11.3 Å². The average molecular weight is 329 g/mol. The summed E-state index contributed by atoms with van der Waals surface area (Å²) in [4.78, 5) is 26.8. The number of carboxylic acids is 1. The van der Waals surface area contributed by atoms with Gasteiger partial charge in [-0.05, 0) is 12.1 Å². The van der Waals surface area contributed by atoms with E-state index in [-0.39, 0.29) is 27.7 Å². The Kier molecular flexibility index (Phi) is 4.77. The van der Waals surface area contributed by atoms with Gasteiger partial charge < -0.3 is 10.4 Å². The number of amides is 1. The van der Waals surface area contributed by atoms with Gasteiger partial charge in [0.25, 0.3) is 0 Å². The number of aromatic nitrogens is 3. The zero-order chi connectivity index (χ0) is 15.4. The van der Waals surface area contributed by atoms with Gasteiger partial charge in [-0.25, -0.2) is 9.78 Å². The number of rotatable bonds is 5. The standard InChI is InChI=1S/C12H10Cl2N4O3/c13-7-1-2-8(14)11(10(7)12(20)21)17-9(19)3-4-18-6-15-5-16-18/h1-2,5-6H,3-4H2,(H,17,19)(H,20,21). The molecule has 0 bridgehead atoms. The Morgan fingerprint density at radius 3 is 2.62 bits per heavy atom. The van der Waals surface area contributed by atoms with Gasteiger partial charge in [0.2, 0.25) is 5.91 Å². The van der Waals surface area contributed by atoms with E-state index in [2.05, 4.69) is 15.4 Å². The molecule has 0 aliphatic carbocycles. The smallest absolute Gasteiger partial charge is 0.339 e. The maximum atomic E-state index is 11.9. The van der Waals surface area contributed by atoms with Crippen molar-refractivity contribution in [3.63, 3.8) is 0 Å². The first-order valence-corrected chi connectivity index (χ1v) is 6.58. The maximum absolute atomic E-state index is 11.9. The van der Waals surface area contributed by atoms with E-state index >= 15 is 0 Å². The van der Waals surface area contributed by atoms with Crippen LogP contribution in [-0.4, -0.2) is 31.7 Å². The maximum Gasteiger partial charge on any atom is 0.339 e. The molecule has 1 amide bonds. The number of nitrogens with one attached hydrogen (secondary N) is 1. The Bertz CT molecular complexity index is 673. The Balaban J connectivity index is 2.13. The fourth-order valence-corrected chi connectivity index (χ4v) is 2.09. The van der Waals surface area contributed by atoms with Gasteiger partial charge >= 0.3 is 5.97 Å². The Morgan fingerprint density at radius 2 is 2.00 bits per heavy atom. The fourth-order valence-electron chi connectivity index (χ4n) is 1.65. The summed E-state index contributed by atoms with van der Waals surface area (Å²) in [6, 6.07) is 2.78. The van der Waals surface area contributed by atoms with Crippen molar-refractivity contribution in [2.24, 2.45) is 0 Å². The van der Waals surface area contributed by atoms with E-state index in [9.17, 15) is 9.59 Å². The Morgan fingerprint density at radius 1 is 1.29 bits per heavy atom. The van der Waals surface area contributed by atoms with E-state index in [1.54, 1.807) is 0 Å². The minimum atomic E-state index is -1.27. The van der Waals surface area contributed by atoms with Crippen molar-refractivity contribution < 1.29 is 14.7 Å². The van der Waals surface area contributed by atoms with Crippen molar-refractivity contribution >= 4 is 40.8 Å². The average Bonchev–Trinajstić information content (AvgIpc) is 2.93. The molecule has 1 aromatic carbocycles. The van der Waals surface area contributed by atoms with Gasteiger partial charge in [0.05, 0.1) is 22.3 Å². The molecule has 0 saturated carbocycles. The van der Waals surface area contributed by atoms with Gasteiger partial charge in [-0.15, -0.1) is 0 Å². The molecule has 2 aromatic rings. The number of halogens is 2. The molecule has 1 heterocycles. The van der Waals surface area contributed by atoms with Gasteiger partial charge in [0.15, 0.2) is 0 Å². The Labute approximate surface area is 129 Å². The fraction of sp³-hybridized carbons (Fsp3) is 0.167. The van der Waals surface area contributed by atoms with Crippen LogP contribution in [0.5, 0.6) is 0 Å². The lowest BCUT2D eigenvalue weighted by Crippen LogP contribution is -2.17. The normalized spacial score (nSPS) is 10.4. The number of aromatic carboxylic acids is 1.